The highest BCUT2D eigenvalue weighted by molar-refractivity contribution is 6.10. The standard InChI is InChI=1S/C44H28N4O3/c1-50-44(49)25-14-16-26(17-15-25)51-27-18-19-34-35(20-27)43-24-41-33-13-7-6-12-32(33)39(47-41)22-37-29-9-3-2-8-28(29)36(45-37)21-38-30-10-4-5-11-31(30)40(46-38)23-42(34)48-43/h2-24,45,48H,1H3. The van der Waals surface area contributed by atoms with E-state index in [0.29, 0.717) is 17.1 Å². The van der Waals surface area contributed by atoms with E-state index in [1.807, 2.05) is 12.1 Å². The van der Waals surface area contributed by atoms with Gasteiger partial charge in [-0.05, 0) is 66.7 Å². The van der Waals surface area contributed by atoms with Crippen LogP contribution in [-0.2, 0) is 4.74 Å². The van der Waals surface area contributed by atoms with Gasteiger partial charge in [-0.15, -0.1) is 0 Å². The minimum absolute atomic E-state index is 0.390. The van der Waals surface area contributed by atoms with Gasteiger partial charge in [0.1, 0.15) is 11.5 Å². The van der Waals surface area contributed by atoms with Crippen molar-refractivity contribution in [3.8, 4) is 56.5 Å². The number of carbonyl (C=O) groups excluding carboxylic acids is 1. The number of esters is 1. The number of aromatic amines is 2. The predicted octanol–water partition coefficient (Wildman–Crippen LogP) is 10.9. The second-order valence-electron chi connectivity index (χ2n) is 12.7. The van der Waals surface area contributed by atoms with Crippen molar-refractivity contribution >= 4 is 49.6 Å². The van der Waals surface area contributed by atoms with Gasteiger partial charge >= 0.3 is 5.97 Å². The largest absolute Gasteiger partial charge is 0.465 e. The van der Waals surface area contributed by atoms with Crippen LogP contribution in [0.15, 0.2) is 140 Å². The molecule has 0 spiro atoms. The second-order valence-corrected chi connectivity index (χ2v) is 12.7. The molecule has 8 aromatic rings. The number of rotatable bonds is 3. The lowest BCUT2D eigenvalue weighted by molar-refractivity contribution is 0.0600. The molecule has 5 heterocycles. The number of carbonyl (C=O) groups is 1. The molecule has 3 aromatic heterocycles. The fourth-order valence-electron chi connectivity index (χ4n) is 7.27. The maximum atomic E-state index is 12.0. The van der Waals surface area contributed by atoms with Gasteiger partial charge in [-0.3, -0.25) is 0 Å². The van der Waals surface area contributed by atoms with Gasteiger partial charge in [-0.25, -0.2) is 14.8 Å². The zero-order valence-electron chi connectivity index (χ0n) is 27.4. The number of fused-ring (bicyclic) bond motifs is 20. The molecule has 7 nitrogen and oxygen atoms in total. The third-order valence-electron chi connectivity index (χ3n) is 9.69. The maximum absolute atomic E-state index is 12.0. The molecule has 242 valence electrons. The van der Waals surface area contributed by atoms with Gasteiger partial charge in [0.25, 0.3) is 0 Å². The van der Waals surface area contributed by atoms with Crippen molar-refractivity contribution in [2.75, 3.05) is 7.11 Å². The zero-order valence-corrected chi connectivity index (χ0v) is 27.4. The Kier molecular flexibility index (Phi) is 6.41. The van der Waals surface area contributed by atoms with Crippen LogP contribution >= 0.6 is 0 Å². The first-order chi connectivity index (χ1) is 25.1. The molecular weight excluding hydrogens is 633 g/mol. The predicted molar refractivity (Wildman–Crippen MR) is 203 cm³/mol. The molecule has 0 saturated carbocycles. The van der Waals surface area contributed by atoms with E-state index in [2.05, 4.69) is 113 Å². The number of hydrogen-bond acceptors (Lipinski definition) is 5. The molecule has 0 aliphatic carbocycles. The molecule has 0 unspecified atom stereocenters. The van der Waals surface area contributed by atoms with Gasteiger partial charge in [0.15, 0.2) is 0 Å². The number of aromatic nitrogens is 4. The van der Waals surface area contributed by atoms with Crippen molar-refractivity contribution in [3.63, 3.8) is 0 Å². The Morgan fingerprint density at radius 3 is 1.35 bits per heavy atom. The average molecular weight is 661 g/mol. The maximum Gasteiger partial charge on any atom is 0.337 e. The van der Waals surface area contributed by atoms with Crippen LogP contribution in [0.4, 0.5) is 0 Å². The number of benzene rings is 5. The Morgan fingerprint density at radius 1 is 0.471 bits per heavy atom. The summed E-state index contributed by atoms with van der Waals surface area (Å²) in [4.78, 5) is 29.8. The number of methoxy groups -OCH3 is 1. The van der Waals surface area contributed by atoms with E-state index in [4.69, 9.17) is 19.4 Å². The lowest BCUT2D eigenvalue weighted by atomic mass is 10.0. The highest BCUT2D eigenvalue weighted by Gasteiger charge is 2.19. The third-order valence-corrected chi connectivity index (χ3v) is 9.69. The highest BCUT2D eigenvalue weighted by atomic mass is 16.5. The molecular formula is C44H28N4O3. The van der Waals surface area contributed by atoms with Crippen molar-refractivity contribution in [1.82, 2.24) is 19.9 Å². The summed E-state index contributed by atoms with van der Waals surface area (Å²) in [5.74, 6) is 0.885. The van der Waals surface area contributed by atoms with Gasteiger partial charge in [0, 0.05) is 65.9 Å². The summed E-state index contributed by atoms with van der Waals surface area (Å²) in [6.07, 6.45) is 0. The summed E-state index contributed by atoms with van der Waals surface area (Å²) in [5.41, 5.74) is 12.1. The molecule has 8 bridgehead atoms. The van der Waals surface area contributed by atoms with Gasteiger partial charge in [-0.1, -0.05) is 72.8 Å². The molecule has 0 saturated heterocycles. The Hall–Kier alpha value is -6.99. The fourth-order valence-corrected chi connectivity index (χ4v) is 7.27. The van der Waals surface area contributed by atoms with Crippen LogP contribution in [0, 0.1) is 0 Å². The van der Waals surface area contributed by atoms with E-state index in [9.17, 15) is 4.79 Å². The normalized spacial score (nSPS) is 11.7. The third kappa shape index (κ3) is 4.78. The van der Waals surface area contributed by atoms with E-state index in [-0.39, 0.29) is 0 Å². The first kappa shape index (κ1) is 29.0. The van der Waals surface area contributed by atoms with Crippen LogP contribution in [0.2, 0.25) is 0 Å². The summed E-state index contributed by atoms with van der Waals surface area (Å²) in [7, 11) is 1.37. The van der Waals surface area contributed by atoms with E-state index in [1.54, 1.807) is 24.3 Å². The molecule has 2 aliphatic heterocycles. The molecule has 2 aliphatic rings. The molecule has 51 heavy (non-hydrogen) atoms. The number of H-pyrrole nitrogens is 2. The molecule has 10 rings (SSSR count). The molecule has 0 amide bonds. The van der Waals surface area contributed by atoms with E-state index in [1.165, 1.54) is 7.11 Å². The Labute approximate surface area is 291 Å². The van der Waals surface area contributed by atoms with Crippen LogP contribution < -0.4 is 4.74 Å². The van der Waals surface area contributed by atoms with Crippen molar-refractivity contribution < 1.29 is 14.3 Å². The summed E-state index contributed by atoms with van der Waals surface area (Å²) in [6, 6.07) is 46.7. The highest BCUT2D eigenvalue weighted by Crippen LogP contribution is 2.40. The van der Waals surface area contributed by atoms with Crippen LogP contribution in [0.1, 0.15) is 10.4 Å². The topological polar surface area (TPSA) is 92.9 Å². The van der Waals surface area contributed by atoms with Crippen LogP contribution in [-0.4, -0.2) is 33.0 Å². The Bertz CT molecular complexity index is 2900. The minimum Gasteiger partial charge on any atom is -0.465 e. The molecule has 7 heteroatoms. The Morgan fingerprint density at radius 2 is 0.882 bits per heavy atom. The molecule has 5 aromatic carbocycles. The van der Waals surface area contributed by atoms with Crippen LogP contribution in [0.3, 0.4) is 0 Å². The minimum atomic E-state index is -0.390. The second kappa shape index (κ2) is 11.3. The zero-order chi connectivity index (χ0) is 34.1. The summed E-state index contributed by atoms with van der Waals surface area (Å²) < 4.78 is 11.1. The van der Waals surface area contributed by atoms with Crippen molar-refractivity contribution in [1.29, 1.82) is 0 Å². The molecule has 0 atom stereocenters. The number of nitrogens with zero attached hydrogens (tertiary/aromatic N) is 2. The molecule has 2 N–H and O–H groups in total. The summed E-state index contributed by atoms with van der Waals surface area (Å²) in [5, 5.41) is 4.26. The number of nitrogens with one attached hydrogen (secondary N) is 2. The first-order valence-electron chi connectivity index (χ1n) is 16.7. The lowest BCUT2D eigenvalue weighted by Crippen LogP contribution is -2.00. The fraction of sp³-hybridized carbons (Fsp3) is 0.0227. The van der Waals surface area contributed by atoms with Gasteiger partial charge in [-0.2, -0.15) is 0 Å². The summed E-state index contributed by atoms with van der Waals surface area (Å²) >= 11 is 0. The van der Waals surface area contributed by atoms with Crippen LogP contribution in [0.25, 0.3) is 88.6 Å². The van der Waals surface area contributed by atoms with Gasteiger partial charge in [0.2, 0.25) is 0 Å². The van der Waals surface area contributed by atoms with E-state index >= 15 is 0 Å². The number of ether oxygens (including phenoxy) is 2. The van der Waals surface area contributed by atoms with Gasteiger partial charge < -0.3 is 19.4 Å². The van der Waals surface area contributed by atoms with Crippen molar-refractivity contribution in [3.05, 3.63) is 145 Å². The van der Waals surface area contributed by atoms with E-state index < -0.39 is 5.97 Å². The quantitative estimate of drug-likeness (QED) is 0.184. The number of hydrogen-bond donors (Lipinski definition) is 2. The van der Waals surface area contributed by atoms with Crippen molar-refractivity contribution in [2.45, 2.75) is 0 Å². The average Bonchev–Trinajstić information content (AvgIpc) is 3.90. The summed E-state index contributed by atoms with van der Waals surface area (Å²) in [6.45, 7) is 0. The molecule has 0 radical (unpaired) electrons. The first-order valence-corrected chi connectivity index (χ1v) is 16.7. The molecule has 0 fully saturated rings. The SMILES string of the molecule is COC(=O)c1ccc(Oc2ccc3c4cc5nc(cc6[nH]c(cc7nc(cc([nH]4)c3c2)-c2ccccc2-7)c2ccccc62)-c2ccccc2-5)cc1. The monoisotopic (exact) mass is 660 g/mol. The lowest BCUT2D eigenvalue weighted by Gasteiger charge is -2.07. The van der Waals surface area contributed by atoms with Crippen LogP contribution in [0.5, 0.6) is 11.5 Å². The van der Waals surface area contributed by atoms with Gasteiger partial charge in [0.05, 0.1) is 35.4 Å². The smallest absolute Gasteiger partial charge is 0.337 e. The Balaban J connectivity index is 1.26. The van der Waals surface area contributed by atoms with E-state index in [0.717, 1.165) is 88.6 Å². The van der Waals surface area contributed by atoms with Crippen molar-refractivity contribution in [2.24, 2.45) is 0 Å².